The molecule has 0 bridgehead atoms. The second-order valence-corrected chi connectivity index (χ2v) is 15.9. The maximum absolute atomic E-state index is 11.6. The quantitative estimate of drug-likeness (QED) is 0.184. The van der Waals surface area contributed by atoms with Crippen LogP contribution in [0, 0.1) is 0 Å². The lowest BCUT2D eigenvalue weighted by atomic mass is 10.1. The number of Topliss-reactive ketones (excluding diaryl/α,β-unsaturated/α-hetero) is 1. The van der Waals surface area contributed by atoms with Crippen LogP contribution in [0.15, 0.2) is 97.6 Å². The molecule has 4 aromatic heterocycles. The van der Waals surface area contributed by atoms with Crippen LogP contribution in [0.5, 0.6) is 11.8 Å². The lowest BCUT2D eigenvalue weighted by Crippen LogP contribution is -2.40. The molecular weight excluding hydrogens is 757 g/mol. The second-order valence-electron chi connectivity index (χ2n) is 15.9. The molecule has 1 N–H and O–H groups in total. The number of hydrogen-bond acceptors (Lipinski definition) is 14. The molecule has 10 rings (SSSR count). The number of benzene rings is 2. The highest BCUT2D eigenvalue weighted by Gasteiger charge is 2.28. The van der Waals surface area contributed by atoms with Crippen molar-refractivity contribution in [3.05, 3.63) is 97.6 Å². The van der Waals surface area contributed by atoms with Crippen molar-refractivity contribution in [3.63, 3.8) is 0 Å². The first-order chi connectivity index (χ1) is 29.5. The van der Waals surface area contributed by atoms with Gasteiger partial charge >= 0.3 is 0 Å². The van der Waals surface area contributed by atoms with Gasteiger partial charge in [0.25, 0.3) is 11.8 Å². The van der Waals surface area contributed by atoms with E-state index in [4.69, 9.17) is 19.4 Å². The molecule has 0 saturated carbocycles. The highest BCUT2D eigenvalue weighted by atomic mass is 16.5. The van der Waals surface area contributed by atoms with Gasteiger partial charge in [-0.3, -0.25) is 4.79 Å². The number of para-hydroxylation sites is 2. The van der Waals surface area contributed by atoms with Gasteiger partial charge in [0.15, 0.2) is 11.6 Å². The Morgan fingerprint density at radius 1 is 0.483 bits per heavy atom. The standard InChI is InChI=1S/C23H27N5O2.C23H25N5O2/c2*29-18-7-13-28(14-8-18)22-23(25-12-11-24-22)30-19-9-15-27(16-10-19)21-6-5-17-3-1-2-4-20(17)26-21/h1-6,11-12,18-19,29H,7-10,13-16H2;1-6,11-12,19H,7-10,13-16H2. The Hall–Kier alpha value is -6.15. The third kappa shape index (κ3) is 9.33. The second kappa shape index (κ2) is 18.4. The molecule has 4 aliphatic heterocycles. The zero-order valence-corrected chi connectivity index (χ0v) is 33.9. The van der Waals surface area contributed by atoms with E-state index >= 15 is 0 Å². The first-order valence-electron chi connectivity index (χ1n) is 21.4. The fourth-order valence-electron chi connectivity index (χ4n) is 8.47. The normalized spacial score (nSPS) is 18.4. The summed E-state index contributed by atoms with van der Waals surface area (Å²) in [6, 6.07) is 24.9. The lowest BCUT2D eigenvalue weighted by molar-refractivity contribution is -0.119. The van der Waals surface area contributed by atoms with Crippen LogP contribution in [0.4, 0.5) is 23.3 Å². The van der Waals surface area contributed by atoms with Gasteiger partial charge in [-0.1, -0.05) is 36.4 Å². The van der Waals surface area contributed by atoms with Gasteiger partial charge in [-0.2, -0.15) is 0 Å². The molecule has 2 aromatic carbocycles. The number of rotatable bonds is 8. The molecular formula is C46H52N10O4. The number of fused-ring (bicyclic) bond motifs is 2. The molecule has 60 heavy (non-hydrogen) atoms. The van der Waals surface area contributed by atoms with E-state index in [0.717, 1.165) is 117 Å². The molecule has 0 unspecified atom stereocenters. The average Bonchev–Trinajstić information content (AvgIpc) is 3.30. The number of hydrogen-bond donors (Lipinski definition) is 1. The number of carbonyl (C=O) groups excluding carboxylic acids is 1. The third-order valence-electron chi connectivity index (χ3n) is 11.9. The first-order valence-corrected chi connectivity index (χ1v) is 21.4. The zero-order valence-electron chi connectivity index (χ0n) is 33.9. The van der Waals surface area contributed by atoms with Crippen molar-refractivity contribution in [2.45, 2.75) is 69.7 Å². The van der Waals surface area contributed by atoms with Crippen molar-refractivity contribution in [1.82, 2.24) is 29.9 Å². The Balaban J connectivity index is 0.000000154. The summed E-state index contributed by atoms with van der Waals surface area (Å²) < 4.78 is 12.6. The molecule has 14 nitrogen and oxygen atoms in total. The van der Waals surface area contributed by atoms with Crippen molar-refractivity contribution in [1.29, 1.82) is 0 Å². The number of carbonyl (C=O) groups is 1. The Labute approximate surface area is 350 Å². The number of ketones is 1. The van der Waals surface area contributed by atoms with E-state index in [0.29, 0.717) is 43.5 Å². The lowest BCUT2D eigenvalue weighted by Gasteiger charge is -2.34. The van der Waals surface area contributed by atoms with E-state index in [-0.39, 0.29) is 18.3 Å². The molecule has 4 fully saturated rings. The van der Waals surface area contributed by atoms with Crippen molar-refractivity contribution >= 4 is 50.9 Å². The molecule has 0 amide bonds. The number of piperidine rings is 4. The van der Waals surface area contributed by atoms with Gasteiger partial charge in [0.05, 0.1) is 17.1 Å². The highest BCUT2D eigenvalue weighted by Crippen LogP contribution is 2.31. The Kier molecular flexibility index (Phi) is 12.1. The van der Waals surface area contributed by atoms with Crippen molar-refractivity contribution in [2.24, 2.45) is 0 Å². The van der Waals surface area contributed by atoms with Crippen LogP contribution in [-0.4, -0.2) is 111 Å². The van der Waals surface area contributed by atoms with Crippen LogP contribution in [0.1, 0.15) is 51.4 Å². The minimum atomic E-state index is -0.213. The van der Waals surface area contributed by atoms with E-state index in [1.54, 1.807) is 24.8 Å². The summed E-state index contributed by atoms with van der Waals surface area (Å²) in [6.45, 7) is 6.52. The van der Waals surface area contributed by atoms with Gasteiger partial charge in [-0.05, 0) is 49.2 Å². The predicted octanol–water partition coefficient (Wildman–Crippen LogP) is 6.28. The highest BCUT2D eigenvalue weighted by molar-refractivity contribution is 5.82. The predicted molar refractivity (Wildman–Crippen MR) is 233 cm³/mol. The third-order valence-corrected chi connectivity index (χ3v) is 11.9. The van der Waals surface area contributed by atoms with Gasteiger partial charge in [0, 0.05) is 126 Å². The fourth-order valence-corrected chi connectivity index (χ4v) is 8.47. The SMILES string of the molecule is O=C1CCN(c2nccnc2OC2CCN(c3ccc4ccccc4n3)CC2)CC1.OC1CCN(c2nccnc2OC2CCN(c3ccc4ccccc4n3)CC2)CC1. The van der Waals surface area contributed by atoms with Crippen molar-refractivity contribution in [2.75, 3.05) is 72.0 Å². The summed E-state index contributed by atoms with van der Waals surface area (Å²) in [5.41, 5.74) is 2.06. The van der Waals surface area contributed by atoms with Gasteiger partial charge in [-0.15, -0.1) is 0 Å². The maximum Gasteiger partial charge on any atom is 0.257 e. The minimum absolute atomic E-state index is 0.101. The summed E-state index contributed by atoms with van der Waals surface area (Å²) in [4.78, 5) is 48.0. The van der Waals surface area contributed by atoms with E-state index in [1.807, 2.05) is 24.3 Å². The molecule has 8 heterocycles. The number of pyridine rings is 2. The summed E-state index contributed by atoms with van der Waals surface area (Å²) in [6.07, 6.45) is 13.0. The van der Waals surface area contributed by atoms with E-state index in [9.17, 15) is 9.90 Å². The molecule has 4 aliphatic rings. The monoisotopic (exact) mass is 808 g/mol. The molecule has 0 radical (unpaired) electrons. The Morgan fingerprint density at radius 3 is 1.38 bits per heavy atom. The number of anilines is 4. The summed E-state index contributed by atoms with van der Waals surface area (Å²) in [7, 11) is 0. The van der Waals surface area contributed by atoms with Gasteiger partial charge in [0.1, 0.15) is 29.6 Å². The number of aliphatic hydroxyl groups is 1. The molecule has 310 valence electrons. The van der Waals surface area contributed by atoms with E-state index in [2.05, 4.69) is 88.1 Å². The minimum Gasteiger partial charge on any atom is -0.472 e. The van der Waals surface area contributed by atoms with Crippen LogP contribution in [0.25, 0.3) is 21.8 Å². The van der Waals surface area contributed by atoms with Gasteiger partial charge in [0.2, 0.25) is 0 Å². The molecule has 4 saturated heterocycles. The molecule has 0 atom stereocenters. The zero-order chi connectivity index (χ0) is 40.7. The summed E-state index contributed by atoms with van der Waals surface area (Å²) in [5.74, 6) is 5.09. The maximum atomic E-state index is 11.6. The van der Waals surface area contributed by atoms with Crippen LogP contribution in [-0.2, 0) is 4.79 Å². The largest absolute Gasteiger partial charge is 0.472 e. The number of ether oxygens (including phenoxy) is 2. The number of aliphatic hydroxyl groups excluding tert-OH is 1. The summed E-state index contributed by atoms with van der Waals surface area (Å²) >= 11 is 0. The van der Waals surface area contributed by atoms with E-state index < -0.39 is 0 Å². The van der Waals surface area contributed by atoms with E-state index in [1.165, 1.54) is 5.39 Å². The molecule has 6 aromatic rings. The Morgan fingerprint density at radius 2 is 0.900 bits per heavy atom. The summed E-state index contributed by atoms with van der Waals surface area (Å²) in [5, 5.41) is 12.1. The van der Waals surface area contributed by atoms with Gasteiger partial charge < -0.3 is 34.2 Å². The van der Waals surface area contributed by atoms with Crippen LogP contribution < -0.4 is 29.1 Å². The van der Waals surface area contributed by atoms with Crippen LogP contribution in [0.3, 0.4) is 0 Å². The van der Waals surface area contributed by atoms with Crippen LogP contribution in [0.2, 0.25) is 0 Å². The van der Waals surface area contributed by atoms with Crippen molar-refractivity contribution < 1.29 is 19.4 Å². The van der Waals surface area contributed by atoms with Crippen molar-refractivity contribution in [3.8, 4) is 11.8 Å². The van der Waals surface area contributed by atoms with Gasteiger partial charge in [-0.25, -0.2) is 29.9 Å². The molecule has 0 spiro atoms. The number of nitrogens with zero attached hydrogens (tertiary/aromatic N) is 10. The fraction of sp³-hybridized carbons (Fsp3) is 0.413. The molecule has 14 heteroatoms. The molecule has 0 aliphatic carbocycles. The average molecular weight is 809 g/mol. The number of aromatic nitrogens is 6. The first kappa shape index (κ1) is 39.3. The topological polar surface area (TPSA) is 146 Å². The smallest absolute Gasteiger partial charge is 0.257 e. The van der Waals surface area contributed by atoms with Crippen LogP contribution >= 0.6 is 0 Å². The Bertz CT molecular complexity index is 2370.